The second-order valence-corrected chi connectivity index (χ2v) is 10.2. The van der Waals surface area contributed by atoms with Gasteiger partial charge in [0, 0.05) is 18.8 Å². The molecule has 3 aliphatic heterocycles. The highest BCUT2D eigenvalue weighted by molar-refractivity contribution is 5.16. The molecule has 3 saturated heterocycles. The number of aliphatic hydroxyl groups excluding tert-OH is 1. The molecule has 1 aromatic rings. The maximum absolute atomic E-state index is 10.2. The van der Waals surface area contributed by atoms with Crippen LogP contribution >= 0.6 is 0 Å². The summed E-state index contributed by atoms with van der Waals surface area (Å²) in [6.07, 6.45) is -1.19. The van der Waals surface area contributed by atoms with Crippen LogP contribution in [0.5, 0.6) is 0 Å². The average Bonchev–Trinajstić information content (AvgIpc) is 3.44. The highest BCUT2D eigenvalue weighted by Crippen LogP contribution is 2.37. The van der Waals surface area contributed by atoms with E-state index in [0.29, 0.717) is 19.8 Å². The first-order valence-electron chi connectivity index (χ1n) is 14.0. The zero-order valence-electron chi connectivity index (χ0n) is 22.8. The second-order valence-electron chi connectivity index (χ2n) is 10.2. The van der Waals surface area contributed by atoms with Crippen molar-refractivity contribution in [3.8, 4) is 0 Å². The van der Waals surface area contributed by atoms with Gasteiger partial charge in [0.15, 0.2) is 18.9 Å². The number of benzene rings is 1. The van der Waals surface area contributed by atoms with E-state index in [-0.39, 0.29) is 19.3 Å². The van der Waals surface area contributed by atoms with Crippen molar-refractivity contribution in [2.75, 3.05) is 33.0 Å². The minimum Gasteiger partial charge on any atom is -0.394 e. The van der Waals surface area contributed by atoms with Crippen molar-refractivity contribution in [3.63, 3.8) is 0 Å². The minimum absolute atomic E-state index is 0.263. The van der Waals surface area contributed by atoms with Crippen LogP contribution in [0, 0.1) is 0 Å². The van der Waals surface area contributed by atoms with Crippen LogP contribution in [-0.4, -0.2) is 93.4 Å². The second kappa shape index (κ2) is 15.0. The largest absolute Gasteiger partial charge is 0.394 e. The molecular weight excluding hydrogens is 494 g/mol. The molecule has 3 unspecified atom stereocenters. The molecule has 10 atom stereocenters. The van der Waals surface area contributed by atoms with Crippen LogP contribution in [0.1, 0.15) is 58.3 Å². The number of hydrogen-bond acceptors (Lipinski definition) is 10. The van der Waals surface area contributed by atoms with Crippen molar-refractivity contribution >= 4 is 0 Å². The SMILES string of the molecule is CCCCOC1[C@H](OCCCC)[C@H](O[C@@H](CO)C2CO[C@@H]([C@H](C)N)O2)O[C@H]2COC(c3ccccc3)O[C@@H]12. The zero-order chi connectivity index (χ0) is 26.9. The van der Waals surface area contributed by atoms with E-state index in [4.69, 9.17) is 43.6 Å². The van der Waals surface area contributed by atoms with Crippen molar-refractivity contribution in [1.82, 2.24) is 0 Å². The summed E-state index contributed by atoms with van der Waals surface area (Å²) in [5, 5.41) is 10.2. The lowest BCUT2D eigenvalue weighted by atomic mass is 9.97. The Labute approximate surface area is 225 Å². The monoisotopic (exact) mass is 539 g/mol. The van der Waals surface area contributed by atoms with E-state index >= 15 is 0 Å². The van der Waals surface area contributed by atoms with Crippen LogP contribution in [0.15, 0.2) is 30.3 Å². The number of aliphatic hydroxyl groups is 1. The summed E-state index contributed by atoms with van der Waals surface area (Å²) < 4.78 is 49.7. The van der Waals surface area contributed by atoms with E-state index in [1.54, 1.807) is 0 Å². The molecule has 0 saturated carbocycles. The molecule has 10 heteroatoms. The Hall–Kier alpha value is -1.18. The predicted molar refractivity (Wildman–Crippen MR) is 138 cm³/mol. The minimum atomic E-state index is -0.824. The summed E-state index contributed by atoms with van der Waals surface area (Å²) in [4.78, 5) is 0. The lowest BCUT2D eigenvalue weighted by Gasteiger charge is -2.49. The van der Waals surface area contributed by atoms with Crippen LogP contribution in [0.4, 0.5) is 0 Å². The highest BCUT2D eigenvalue weighted by Gasteiger charge is 2.53. The van der Waals surface area contributed by atoms with Crippen LogP contribution in [0.25, 0.3) is 0 Å². The molecule has 216 valence electrons. The van der Waals surface area contributed by atoms with Gasteiger partial charge in [0.1, 0.15) is 36.6 Å². The van der Waals surface area contributed by atoms with Crippen LogP contribution in [0.3, 0.4) is 0 Å². The van der Waals surface area contributed by atoms with E-state index in [2.05, 4.69) is 13.8 Å². The maximum atomic E-state index is 10.2. The number of nitrogens with two attached hydrogens (primary N) is 1. The third-order valence-electron chi connectivity index (χ3n) is 7.04. The molecule has 0 spiro atoms. The number of hydrogen-bond donors (Lipinski definition) is 2. The van der Waals surface area contributed by atoms with E-state index in [1.807, 2.05) is 37.3 Å². The Morgan fingerprint density at radius 3 is 2.29 bits per heavy atom. The fraction of sp³-hybridized carbons (Fsp3) is 0.786. The molecule has 0 bridgehead atoms. The van der Waals surface area contributed by atoms with Gasteiger partial charge in [0.2, 0.25) is 0 Å². The number of ether oxygens (including phenoxy) is 8. The summed E-state index contributed by atoms with van der Waals surface area (Å²) in [6.45, 7) is 7.42. The van der Waals surface area contributed by atoms with Crippen LogP contribution in [0.2, 0.25) is 0 Å². The molecule has 3 N–H and O–H groups in total. The quantitative estimate of drug-likeness (QED) is 0.342. The zero-order valence-corrected chi connectivity index (χ0v) is 22.8. The molecule has 38 heavy (non-hydrogen) atoms. The first-order chi connectivity index (χ1) is 18.5. The molecule has 10 nitrogen and oxygen atoms in total. The van der Waals surface area contributed by atoms with E-state index in [1.165, 1.54) is 0 Å². The third kappa shape index (κ3) is 7.51. The Balaban J connectivity index is 1.53. The highest BCUT2D eigenvalue weighted by atomic mass is 16.8. The summed E-state index contributed by atoms with van der Waals surface area (Å²) in [7, 11) is 0. The summed E-state index contributed by atoms with van der Waals surface area (Å²) in [5.41, 5.74) is 6.87. The molecule has 0 amide bonds. The van der Waals surface area contributed by atoms with Gasteiger partial charge < -0.3 is 48.7 Å². The Bertz CT molecular complexity index is 800. The van der Waals surface area contributed by atoms with Gasteiger partial charge in [-0.2, -0.15) is 0 Å². The predicted octanol–water partition coefficient (Wildman–Crippen LogP) is 2.66. The lowest BCUT2D eigenvalue weighted by molar-refractivity contribution is -0.378. The Kier molecular flexibility index (Phi) is 11.8. The van der Waals surface area contributed by atoms with Gasteiger partial charge >= 0.3 is 0 Å². The Morgan fingerprint density at radius 2 is 1.66 bits per heavy atom. The van der Waals surface area contributed by atoms with Crippen molar-refractivity contribution in [1.29, 1.82) is 0 Å². The topological polar surface area (TPSA) is 120 Å². The maximum Gasteiger partial charge on any atom is 0.187 e. The molecular formula is C28H45NO9. The lowest BCUT2D eigenvalue weighted by Crippen LogP contribution is -2.64. The standard InChI is InChI=1S/C28H45NO9/c1-4-6-13-31-24-23-22(17-34-27(38-23)19-11-9-8-10-12-19)37-28(25(24)32-14-7-5-2)35-20(15-30)21-16-33-26(36-21)18(3)29/h8-12,18,20-28,30H,4-7,13-17,29H2,1-3H3/t18-,20-,21?,22-,23+,24?,25-,26+,27?,28+/m0/s1. The van der Waals surface area contributed by atoms with Crippen molar-refractivity contribution in [3.05, 3.63) is 35.9 Å². The molecule has 0 radical (unpaired) electrons. The van der Waals surface area contributed by atoms with Crippen molar-refractivity contribution in [2.45, 2.75) is 108 Å². The summed E-state index contributed by atoms with van der Waals surface area (Å²) in [6, 6.07) is 9.54. The van der Waals surface area contributed by atoms with Gasteiger partial charge in [0.25, 0.3) is 0 Å². The van der Waals surface area contributed by atoms with Gasteiger partial charge in [-0.15, -0.1) is 0 Å². The smallest absolute Gasteiger partial charge is 0.187 e. The van der Waals surface area contributed by atoms with E-state index in [0.717, 1.165) is 31.2 Å². The van der Waals surface area contributed by atoms with Gasteiger partial charge in [-0.05, 0) is 19.8 Å². The molecule has 1 aromatic carbocycles. The van der Waals surface area contributed by atoms with Gasteiger partial charge in [-0.25, -0.2) is 0 Å². The molecule has 3 aliphatic rings. The van der Waals surface area contributed by atoms with E-state index in [9.17, 15) is 5.11 Å². The number of unbranched alkanes of at least 4 members (excludes halogenated alkanes) is 2. The summed E-state index contributed by atoms with van der Waals surface area (Å²) in [5.74, 6) is 0. The number of fused-ring (bicyclic) bond motifs is 1. The van der Waals surface area contributed by atoms with Gasteiger partial charge in [0.05, 0.1) is 25.9 Å². The first kappa shape index (κ1) is 29.8. The molecule has 3 fully saturated rings. The normalized spacial score (nSPS) is 35.1. The average molecular weight is 540 g/mol. The fourth-order valence-electron chi connectivity index (χ4n) is 4.86. The van der Waals surface area contributed by atoms with Crippen LogP contribution in [-0.2, 0) is 37.9 Å². The summed E-state index contributed by atoms with van der Waals surface area (Å²) >= 11 is 0. The first-order valence-corrected chi connectivity index (χ1v) is 14.0. The molecule has 3 heterocycles. The third-order valence-corrected chi connectivity index (χ3v) is 7.04. The van der Waals surface area contributed by atoms with E-state index < -0.39 is 55.5 Å². The van der Waals surface area contributed by atoms with Crippen molar-refractivity contribution in [2.24, 2.45) is 5.73 Å². The molecule has 0 aromatic heterocycles. The molecule has 0 aliphatic carbocycles. The van der Waals surface area contributed by atoms with Gasteiger partial charge in [-0.1, -0.05) is 57.0 Å². The van der Waals surface area contributed by atoms with Crippen molar-refractivity contribution < 1.29 is 43.0 Å². The number of rotatable bonds is 14. The molecule has 4 rings (SSSR count). The van der Waals surface area contributed by atoms with Gasteiger partial charge in [-0.3, -0.25) is 0 Å². The Morgan fingerprint density at radius 1 is 0.947 bits per heavy atom. The van der Waals surface area contributed by atoms with Crippen LogP contribution < -0.4 is 5.73 Å². The fourth-order valence-corrected chi connectivity index (χ4v) is 4.86.